The third-order valence-electron chi connectivity index (χ3n) is 5.65. The van der Waals surface area contributed by atoms with Crippen LogP contribution < -0.4 is 14.5 Å². The summed E-state index contributed by atoms with van der Waals surface area (Å²) in [5.41, 5.74) is 2.36. The number of carbonyl (C=O) groups excluding carboxylic acids is 2. The number of H-pyrrole nitrogens is 1. The highest BCUT2D eigenvalue weighted by Crippen LogP contribution is 2.18. The molecule has 1 fully saturated rings. The summed E-state index contributed by atoms with van der Waals surface area (Å²) >= 11 is 0. The Labute approximate surface area is 171 Å². The molecule has 1 aliphatic heterocycles. The molecule has 0 aliphatic carbocycles. The first kappa shape index (κ1) is 21.1. The smallest absolute Gasteiger partial charge is 0.339 e. The normalized spacial score (nSPS) is 19.0. The molecule has 1 aromatic heterocycles. The number of nitrogens with one attached hydrogen (secondary N) is 3. The molecule has 3 rings (SSSR count). The van der Waals surface area contributed by atoms with Crippen LogP contribution >= 0.6 is 0 Å². The van der Waals surface area contributed by atoms with Crippen molar-refractivity contribution in [2.75, 3.05) is 53.0 Å². The molecule has 0 spiro atoms. The molecule has 1 aliphatic rings. The van der Waals surface area contributed by atoms with Gasteiger partial charge in [0.05, 0.1) is 18.4 Å². The van der Waals surface area contributed by atoms with E-state index in [2.05, 4.69) is 4.98 Å². The fraction of sp³-hybridized carbons (Fsp3) is 0.455. The maximum atomic E-state index is 12.8. The molecule has 1 aromatic carbocycles. The Balaban J connectivity index is 1.46. The van der Waals surface area contributed by atoms with Crippen molar-refractivity contribution < 1.29 is 28.9 Å². The number of aromatic amines is 1. The van der Waals surface area contributed by atoms with Crippen molar-refractivity contribution >= 4 is 11.8 Å². The lowest BCUT2D eigenvalue weighted by Gasteiger charge is -2.29. The van der Waals surface area contributed by atoms with Gasteiger partial charge in [-0.2, -0.15) is 0 Å². The summed E-state index contributed by atoms with van der Waals surface area (Å²) in [6.07, 6.45) is 0. The van der Waals surface area contributed by atoms with Gasteiger partial charge in [0.1, 0.15) is 51.6 Å². The van der Waals surface area contributed by atoms with Crippen molar-refractivity contribution in [1.82, 2.24) is 4.98 Å². The zero-order chi connectivity index (χ0) is 20.8. The van der Waals surface area contributed by atoms with E-state index < -0.39 is 5.97 Å². The number of methoxy groups -OCH3 is 1. The van der Waals surface area contributed by atoms with Gasteiger partial charge in [-0.25, -0.2) is 4.79 Å². The summed E-state index contributed by atoms with van der Waals surface area (Å²) in [6, 6.07) is 9.87. The number of aromatic nitrogens is 1. The monoisotopic (exact) mass is 401 g/mol. The molecule has 0 atom stereocenters. The predicted octanol–water partition coefficient (Wildman–Crippen LogP) is -0.537. The van der Waals surface area contributed by atoms with Gasteiger partial charge >= 0.3 is 5.97 Å². The molecular formula is C22H31N3O4+2. The molecule has 1 saturated heterocycles. The highest BCUT2D eigenvalue weighted by Gasteiger charge is 2.28. The van der Waals surface area contributed by atoms with Gasteiger partial charge in [0.15, 0.2) is 0 Å². The number of ether oxygens (including phenoxy) is 2. The van der Waals surface area contributed by atoms with Crippen LogP contribution in [0.3, 0.4) is 0 Å². The minimum atomic E-state index is -0.405. The van der Waals surface area contributed by atoms with Gasteiger partial charge in [-0.05, 0) is 31.5 Å². The number of carbonyl (C=O) groups is 2. The zero-order valence-electron chi connectivity index (χ0n) is 17.5. The SMILES string of the molecule is COC(=O)c1c(C)[nH]c(C(=O)C[NH+]2CC[NH+](CCOc3ccccc3)CC2)c1C. The Morgan fingerprint density at radius 1 is 1.03 bits per heavy atom. The summed E-state index contributed by atoms with van der Waals surface area (Å²) in [5.74, 6) is 0.550. The second-order valence-electron chi connectivity index (χ2n) is 7.63. The van der Waals surface area contributed by atoms with Gasteiger partial charge < -0.3 is 24.3 Å². The van der Waals surface area contributed by atoms with Crippen LogP contribution in [0.4, 0.5) is 0 Å². The summed E-state index contributed by atoms with van der Waals surface area (Å²) in [6.45, 7) is 9.65. The average molecular weight is 402 g/mol. The van der Waals surface area contributed by atoms with Crippen molar-refractivity contribution in [1.29, 1.82) is 0 Å². The van der Waals surface area contributed by atoms with Gasteiger partial charge in [-0.3, -0.25) is 4.79 Å². The van der Waals surface area contributed by atoms with E-state index in [1.165, 1.54) is 16.9 Å². The number of hydrogen-bond donors (Lipinski definition) is 3. The van der Waals surface area contributed by atoms with Crippen molar-refractivity contribution in [3.63, 3.8) is 0 Å². The van der Waals surface area contributed by atoms with E-state index in [1.807, 2.05) is 30.3 Å². The second-order valence-corrected chi connectivity index (χ2v) is 7.63. The van der Waals surface area contributed by atoms with Crippen LogP contribution in [0.15, 0.2) is 30.3 Å². The van der Waals surface area contributed by atoms with Gasteiger partial charge in [0.25, 0.3) is 0 Å². The number of Topliss-reactive ketones (excluding diaryl/α,β-unsaturated/α-hetero) is 1. The van der Waals surface area contributed by atoms with Crippen molar-refractivity contribution in [3.8, 4) is 5.75 Å². The first-order chi connectivity index (χ1) is 14.0. The highest BCUT2D eigenvalue weighted by atomic mass is 16.5. The molecule has 29 heavy (non-hydrogen) atoms. The molecule has 2 aromatic rings. The molecule has 3 N–H and O–H groups in total. The molecule has 2 heterocycles. The summed E-state index contributed by atoms with van der Waals surface area (Å²) in [4.78, 5) is 30.6. The van der Waals surface area contributed by atoms with E-state index in [9.17, 15) is 9.59 Å². The van der Waals surface area contributed by atoms with Crippen LogP contribution in [0.2, 0.25) is 0 Å². The molecule has 0 amide bonds. The topological polar surface area (TPSA) is 77.3 Å². The third kappa shape index (κ3) is 5.25. The number of hydrogen-bond acceptors (Lipinski definition) is 4. The van der Waals surface area contributed by atoms with Gasteiger partial charge in [0, 0.05) is 5.69 Å². The Morgan fingerprint density at radius 2 is 1.69 bits per heavy atom. The predicted molar refractivity (Wildman–Crippen MR) is 109 cm³/mol. The Hall–Kier alpha value is -2.64. The lowest BCUT2D eigenvalue weighted by atomic mass is 10.1. The largest absolute Gasteiger partial charge is 0.488 e. The van der Waals surface area contributed by atoms with Crippen molar-refractivity contribution in [2.24, 2.45) is 0 Å². The Morgan fingerprint density at radius 3 is 2.34 bits per heavy atom. The quantitative estimate of drug-likeness (QED) is 0.410. The fourth-order valence-corrected chi connectivity index (χ4v) is 3.97. The first-order valence-electron chi connectivity index (χ1n) is 10.1. The maximum Gasteiger partial charge on any atom is 0.339 e. The van der Waals surface area contributed by atoms with E-state index in [0.717, 1.165) is 38.5 Å². The zero-order valence-corrected chi connectivity index (χ0v) is 17.5. The average Bonchev–Trinajstić information content (AvgIpc) is 3.03. The van der Waals surface area contributed by atoms with Gasteiger partial charge in [-0.1, -0.05) is 18.2 Å². The van der Waals surface area contributed by atoms with Crippen LogP contribution in [-0.2, 0) is 4.74 Å². The van der Waals surface area contributed by atoms with Gasteiger partial charge in [-0.15, -0.1) is 0 Å². The number of esters is 1. The van der Waals surface area contributed by atoms with Crippen LogP contribution in [0.5, 0.6) is 5.75 Å². The lowest BCUT2D eigenvalue weighted by Crippen LogP contribution is -3.28. The number of piperazine rings is 1. The van der Waals surface area contributed by atoms with Crippen LogP contribution in [0.25, 0.3) is 0 Å². The van der Waals surface area contributed by atoms with E-state index in [4.69, 9.17) is 9.47 Å². The van der Waals surface area contributed by atoms with Crippen LogP contribution in [0.1, 0.15) is 32.1 Å². The number of ketones is 1. The van der Waals surface area contributed by atoms with E-state index >= 15 is 0 Å². The second kappa shape index (κ2) is 9.71. The fourth-order valence-electron chi connectivity index (χ4n) is 3.97. The molecule has 0 radical (unpaired) electrons. The summed E-state index contributed by atoms with van der Waals surface area (Å²) in [7, 11) is 1.35. The molecule has 0 saturated carbocycles. The number of benzene rings is 1. The van der Waals surface area contributed by atoms with E-state index in [0.29, 0.717) is 35.7 Å². The lowest BCUT2D eigenvalue weighted by molar-refractivity contribution is -1.01. The number of rotatable bonds is 8. The van der Waals surface area contributed by atoms with E-state index in [1.54, 1.807) is 13.8 Å². The van der Waals surface area contributed by atoms with Gasteiger partial charge in [0.2, 0.25) is 5.78 Å². The van der Waals surface area contributed by atoms with Crippen LogP contribution in [0, 0.1) is 13.8 Å². The molecule has 0 unspecified atom stereocenters. The number of quaternary nitrogens is 2. The van der Waals surface area contributed by atoms with E-state index in [-0.39, 0.29) is 5.78 Å². The molecule has 7 nitrogen and oxygen atoms in total. The first-order valence-corrected chi connectivity index (χ1v) is 10.1. The van der Waals surface area contributed by atoms with Crippen molar-refractivity contribution in [3.05, 3.63) is 52.8 Å². The minimum absolute atomic E-state index is 0.0478. The molecule has 0 bridgehead atoms. The summed E-state index contributed by atoms with van der Waals surface area (Å²) < 4.78 is 10.6. The maximum absolute atomic E-state index is 12.8. The summed E-state index contributed by atoms with van der Waals surface area (Å²) in [5, 5.41) is 0. The highest BCUT2D eigenvalue weighted by molar-refractivity contribution is 6.01. The third-order valence-corrected chi connectivity index (χ3v) is 5.65. The van der Waals surface area contributed by atoms with Crippen LogP contribution in [-0.4, -0.2) is 69.7 Å². The number of aryl methyl sites for hydroxylation is 1. The molecule has 7 heteroatoms. The van der Waals surface area contributed by atoms with Crippen molar-refractivity contribution in [2.45, 2.75) is 13.8 Å². The standard InChI is InChI=1S/C22H29N3O4/c1-16-20(22(27)28-3)17(2)23-21(16)19(26)15-25-11-9-24(10-12-25)13-14-29-18-7-5-4-6-8-18/h4-8,23H,9-15H2,1-3H3/p+2. The molecular weight excluding hydrogens is 370 g/mol. The Bertz CT molecular complexity index is 839. The Kier molecular flexibility index (Phi) is 7.06. The number of para-hydroxylation sites is 1. The molecule has 156 valence electrons. The minimum Gasteiger partial charge on any atom is -0.488 e.